The van der Waals surface area contributed by atoms with Crippen molar-refractivity contribution in [1.82, 2.24) is 9.88 Å². The third-order valence-corrected chi connectivity index (χ3v) is 6.09. The van der Waals surface area contributed by atoms with Crippen molar-refractivity contribution in [1.29, 1.82) is 0 Å². The van der Waals surface area contributed by atoms with Gasteiger partial charge in [0.05, 0.1) is 18.8 Å². The molecule has 0 N–H and O–H groups in total. The number of methoxy groups -OCH3 is 1. The van der Waals surface area contributed by atoms with E-state index in [0.717, 1.165) is 47.2 Å². The summed E-state index contributed by atoms with van der Waals surface area (Å²) in [5.74, 6) is 2.41. The van der Waals surface area contributed by atoms with E-state index >= 15 is 0 Å². The summed E-state index contributed by atoms with van der Waals surface area (Å²) in [6, 6.07) is 11.9. The maximum atomic E-state index is 13.3. The summed E-state index contributed by atoms with van der Waals surface area (Å²) in [4.78, 5) is 20.5. The highest BCUT2D eigenvalue weighted by atomic mass is 32.1. The second-order valence-corrected chi connectivity index (χ2v) is 7.78. The van der Waals surface area contributed by atoms with E-state index < -0.39 is 0 Å². The number of carbonyl (C=O) groups excluding carboxylic acids is 1. The van der Waals surface area contributed by atoms with E-state index in [9.17, 15) is 4.79 Å². The first kappa shape index (κ1) is 17.8. The monoisotopic (exact) mass is 382 g/mol. The Hall–Kier alpha value is -2.60. The van der Waals surface area contributed by atoms with Crippen LogP contribution in [0.5, 0.6) is 5.75 Å². The number of nitrogens with zero attached hydrogens (tertiary/aromatic N) is 2. The molecule has 140 valence electrons. The van der Waals surface area contributed by atoms with Crippen molar-refractivity contribution in [2.24, 2.45) is 0 Å². The number of rotatable bonds is 4. The van der Waals surface area contributed by atoms with Gasteiger partial charge in [-0.15, -0.1) is 11.3 Å². The van der Waals surface area contributed by atoms with E-state index in [1.807, 2.05) is 49.1 Å². The number of hydrogen-bond acceptors (Lipinski definition) is 5. The second kappa shape index (κ2) is 7.19. The number of aryl methyl sites for hydroxylation is 2. The van der Waals surface area contributed by atoms with Gasteiger partial charge in [-0.1, -0.05) is 12.1 Å². The SMILES string of the molecule is COc1cccc([C@@H]2CCCN2C(=O)c2sc(-c3ccc(C)o3)nc2C)c1. The summed E-state index contributed by atoms with van der Waals surface area (Å²) in [5.41, 5.74) is 1.87. The van der Waals surface area contributed by atoms with Gasteiger partial charge in [0.1, 0.15) is 16.4 Å². The molecule has 0 radical (unpaired) electrons. The molecule has 1 atom stereocenters. The predicted molar refractivity (Wildman–Crippen MR) is 105 cm³/mol. The van der Waals surface area contributed by atoms with Crippen molar-refractivity contribution in [2.75, 3.05) is 13.7 Å². The number of ether oxygens (including phenoxy) is 1. The van der Waals surface area contributed by atoms with Gasteiger partial charge in [0, 0.05) is 6.54 Å². The molecular formula is C21H22N2O3S. The van der Waals surface area contributed by atoms with Crippen molar-refractivity contribution >= 4 is 17.2 Å². The molecular weight excluding hydrogens is 360 g/mol. The van der Waals surface area contributed by atoms with Crippen LogP contribution in [-0.2, 0) is 0 Å². The average Bonchev–Trinajstić information content (AvgIpc) is 3.40. The van der Waals surface area contributed by atoms with Crippen molar-refractivity contribution in [3.8, 4) is 16.5 Å². The van der Waals surface area contributed by atoms with Crippen LogP contribution >= 0.6 is 11.3 Å². The lowest BCUT2D eigenvalue weighted by molar-refractivity contribution is 0.0739. The van der Waals surface area contributed by atoms with Crippen molar-refractivity contribution < 1.29 is 13.9 Å². The normalized spacial score (nSPS) is 16.7. The molecule has 4 rings (SSSR count). The summed E-state index contributed by atoms with van der Waals surface area (Å²) < 4.78 is 11.0. The molecule has 1 saturated heterocycles. The molecule has 0 aliphatic carbocycles. The molecule has 0 spiro atoms. The molecule has 3 aromatic rings. The second-order valence-electron chi connectivity index (χ2n) is 6.78. The standard InChI is InChI=1S/C21H22N2O3S/c1-13-9-10-18(26-13)20-22-14(2)19(27-20)21(24)23-11-5-8-17(23)15-6-4-7-16(12-15)25-3/h4,6-7,9-10,12,17H,5,8,11H2,1-3H3/t17-/m0/s1. The zero-order valence-corrected chi connectivity index (χ0v) is 16.5. The van der Waals surface area contributed by atoms with Crippen LogP contribution < -0.4 is 4.74 Å². The zero-order valence-electron chi connectivity index (χ0n) is 15.7. The average molecular weight is 382 g/mol. The maximum Gasteiger partial charge on any atom is 0.266 e. The molecule has 1 aliphatic heterocycles. The van der Waals surface area contributed by atoms with E-state index in [4.69, 9.17) is 9.15 Å². The number of benzene rings is 1. The van der Waals surface area contributed by atoms with Gasteiger partial charge in [0.25, 0.3) is 5.91 Å². The van der Waals surface area contributed by atoms with Crippen LogP contribution in [0.15, 0.2) is 40.8 Å². The highest BCUT2D eigenvalue weighted by Gasteiger charge is 2.33. The van der Waals surface area contributed by atoms with E-state index in [1.165, 1.54) is 11.3 Å². The molecule has 1 fully saturated rings. The highest BCUT2D eigenvalue weighted by molar-refractivity contribution is 7.17. The van der Waals surface area contributed by atoms with Gasteiger partial charge in [0.2, 0.25) is 0 Å². The van der Waals surface area contributed by atoms with E-state index in [2.05, 4.69) is 11.1 Å². The Labute approximate surface area is 162 Å². The quantitative estimate of drug-likeness (QED) is 0.637. The number of carbonyl (C=O) groups is 1. The number of furan rings is 1. The summed E-state index contributed by atoms with van der Waals surface area (Å²) >= 11 is 1.41. The molecule has 1 amide bonds. The molecule has 0 unspecified atom stereocenters. The van der Waals surface area contributed by atoms with Gasteiger partial charge in [-0.05, 0) is 56.5 Å². The Morgan fingerprint density at radius 1 is 1.30 bits per heavy atom. The van der Waals surface area contributed by atoms with Crippen molar-refractivity contribution in [2.45, 2.75) is 32.7 Å². The Morgan fingerprint density at radius 2 is 2.15 bits per heavy atom. The van der Waals surface area contributed by atoms with Crippen LogP contribution in [0.3, 0.4) is 0 Å². The van der Waals surface area contributed by atoms with E-state index in [1.54, 1.807) is 7.11 Å². The molecule has 6 heteroatoms. The fourth-order valence-electron chi connectivity index (χ4n) is 3.59. The van der Waals surface area contributed by atoms with Gasteiger partial charge in [-0.25, -0.2) is 4.98 Å². The summed E-state index contributed by atoms with van der Waals surface area (Å²) in [7, 11) is 1.66. The Kier molecular flexibility index (Phi) is 4.74. The Morgan fingerprint density at radius 3 is 2.89 bits per heavy atom. The van der Waals surface area contributed by atoms with Crippen LogP contribution in [0.4, 0.5) is 0 Å². The number of amides is 1. The fraction of sp³-hybridized carbons (Fsp3) is 0.333. The minimum Gasteiger partial charge on any atom is -0.497 e. The molecule has 0 saturated carbocycles. The fourth-order valence-corrected chi connectivity index (χ4v) is 4.57. The third-order valence-electron chi connectivity index (χ3n) is 4.93. The smallest absolute Gasteiger partial charge is 0.266 e. The first-order valence-corrected chi connectivity index (χ1v) is 9.87. The lowest BCUT2D eigenvalue weighted by Crippen LogP contribution is -2.30. The largest absolute Gasteiger partial charge is 0.497 e. The number of likely N-dealkylation sites (tertiary alicyclic amines) is 1. The first-order chi connectivity index (χ1) is 13.1. The lowest BCUT2D eigenvalue weighted by atomic mass is 10.0. The van der Waals surface area contributed by atoms with Crippen LogP contribution in [0.2, 0.25) is 0 Å². The predicted octanol–water partition coefficient (Wildman–Crippen LogP) is 5.01. The topological polar surface area (TPSA) is 55.6 Å². The molecule has 1 aromatic carbocycles. The molecule has 3 heterocycles. The minimum absolute atomic E-state index is 0.0462. The van der Waals surface area contributed by atoms with Crippen LogP contribution in [-0.4, -0.2) is 29.4 Å². The first-order valence-electron chi connectivity index (χ1n) is 9.06. The van der Waals surface area contributed by atoms with Crippen LogP contribution in [0.1, 0.15) is 45.6 Å². The zero-order chi connectivity index (χ0) is 19.0. The third kappa shape index (κ3) is 3.37. The molecule has 5 nitrogen and oxygen atoms in total. The highest BCUT2D eigenvalue weighted by Crippen LogP contribution is 2.37. The van der Waals surface area contributed by atoms with E-state index in [0.29, 0.717) is 10.6 Å². The maximum absolute atomic E-state index is 13.3. The Bertz CT molecular complexity index is 975. The lowest BCUT2D eigenvalue weighted by Gasteiger charge is -2.25. The molecule has 27 heavy (non-hydrogen) atoms. The Balaban J connectivity index is 1.62. The number of hydrogen-bond donors (Lipinski definition) is 0. The summed E-state index contributed by atoms with van der Waals surface area (Å²) in [5, 5.41) is 0.751. The minimum atomic E-state index is 0.0462. The van der Waals surface area contributed by atoms with Crippen LogP contribution in [0.25, 0.3) is 10.8 Å². The van der Waals surface area contributed by atoms with Gasteiger partial charge in [-0.2, -0.15) is 0 Å². The van der Waals surface area contributed by atoms with E-state index in [-0.39, 0.29) is 11.9 Å². The summed E-state index contributed by atoms with van der Waals surface area (Å²) in [6.45, 7) is 4.55. The van der Waals surface area contributed by atoms with Gasteiger partial charge < -0.3 is 14.1 Å². The van der Waals surface area contributed by atoms with Gasteiger partial charge in [-0.3, -0.25) is 4.79 Å². The summed E-state index contributed by atoms with van der Waals surface area (Å²) in [6.07, 6.45) is 1.96. The van der Waals surface area contributed by atoms with Crippen molar-refractivity contribution in [3.63, 3.8) is 0 Å². The van der Waals surface area contributed by atoms with Crippen molar-refractivity contribution in [3.05, 3.63) is 58.3 Å². The number of aromatic nitrogens is 1. The number of thiazole rings is 1. The molecule has 2 aromatic heterocycles. The molecule has 0 bridgehead atoms. The molecule has 1 aliphatic rings. The van der Waals surface area contributed by atoms with Gasteiger partial charge >= 0.3 is 0 Å². The van der Waals surface area contributed by atoms with Crippen LogP contribution in [0, 0.1) is 13.8 Å². The van der Waals surface area contributed by atoms with Gasteiger partial charge in [0.15, 0.2) is 10.8 Å².